The predicted molar refractivity (Wildman–Crippen MR) is 54.1 cm³/mol. The van der Waals surface area contributed by atoms with Crippen LogP contribution in [-0.4, -0.2) is 10.8 Å². The van der Waals surface area contributed by atoms with Crippen molar-refractivity contribution in [2.24, 2.45) is 0 Å². The van der Waals surface area contributed by atoms with Crippen molar-refractivity contribution in [2.75, 3.05) is 0 Å². The molecule has 0 aliphatic carbocycles. The average molecular weight is 248 g/mol. The molecule has 0 aromatic carbocycles. The maximum Gasteiger partial charge on any atom is 0.171 e. The Kier molecular flexibility index (Phi) is 3.40. The van der Waals surface area contributed by atoms with E-state index in [2.05, 4.69) is 27.8 Å². The zero-order valence-electron chi connectivity index (χ0n) is 7.00. The molecule has 1 heterocycles. The van der Waals surface area contributed by atoms with Gasteiger partial charge in [0.1, 0.15) is 5.01 Å². The molecule has 0 radical (unpaired) electrons. The number of rotatable bonds is 3. The Hall–Kier alpha value is -0.220. The highest BCUT2D eigenvalue weighted by Gasteiger charge is 2.11. The number of halogens is 1. The zero-order chi connectivity index (χ0) is 9.14. The van der Waals surface area contributed by atoms with Crippen molar-refractivity contribution in [2.45, 2.75) is 25.1 Å². The van der Waals surface area contributed by atoms with Crippen LogP contribution in [-0.2, 0) is 0 Å². The molecule has 0 bridgehead atoms. The number of ketones is 1. The first-order chi connectivity index (χ1) is 5.65. The summed E-state index contributed by atoms with van der Waals surface area (Å²) in [6, 6.07) is 0. The molecular formula is C8H10BrNOS. The minimum atomic E-state index is 0.0922. The topological polar surface area (TPSA) is 30.0 Å². The standard InChI is InChI=1S/C8H10BrNOS/c1-3-6(9)8-10-4-7(12-8)5(2)11/h4,6H,3H2,1-2H3. The first-order valence-corrected chi connectivity index (χ1v) is 5.49. The molecule has 1 aromatic heterocycles. The number of thiazole rings is 1. The quantitative estimate of drug-likeness (QED) is 0.607. The molecule has 0 saturated carbocycles. The summed E-state index contributed by atoms with van der Waals surface area (Å²) in [6.45, 7) is 3.64. The number of carbonyl (C=O) groups is 1. The van der Waals surface area contributed by atoms with E-state index in [9.17, 15) is 4.79 Å². The van der Waals surface area contributed by atoms with Crippen molar-refractivity contribution in [3.05, 3.63) is 16.1 Å². The summed E-state index contributed by atoms with van der Waals surface area (Å²) in [7, 11) is 0. The van der Waals surface area contributed by atoms with Gasteiger partial charge in [0.25, 0.3) is 0 Å². The predicted octanol–water partition coefficient (Wildman–Crippen LogP) is 3.19. The highest BCUT2D eigenvalue weighted by atomic mass is 79.9. The SMILES string of the molecule is CCC(Br)c1ncc(C(C)=O)s1. The lowest BCUT2D eigenvalue weighted by atomic mass is 10.3. The van der Waals surface area contributed by atoms with Gasteiger partial charge in [-0.15, -0.1) is 11.3 Å². The number of aromatic nitrogens is 1. The first kappa shape index (κ1) is 9.86. The molecule has 66 valence electrons. The van der Waals surface area contributed by atoms with Crippen molar-refractivity contribution in [1.82, 2.24) is 4.98 Å². The fourth-order valence-electron chi connectivity index (χ4n) is 0.770. The zero-order valence-corrected chi connectivity index (χ0v) is 9.41. The molecule has 0 aliphatic rings. The number of alkyl halides is 1. The Morgan fingerprint density at radius 1 is 1.83 bits per heavy atom. The van der Waals surface area contributed by atoms with E-state index in [4.69, 9.17) is 0 Å². The van der Waals surface area contributed by atoms with E-state index < -0.39 is 0 Å². The van der Waals surface area contributed by atoms with Crippen LogP contribution in [0.4, 0.5) is 0 Å². The van der Waals surface area contributed by atoms with Gasteiger partial charge in [-0.25, -0.2) is 4.98 Å². The number of nitrogens with zero attached hydrogens (tertiary/aromatic N) is 1. The van der Waals surface area contributed by atoms with E-state index in [0.29, 0.717) is 0 Å². The van der Waals surface area contributed by atoms with Crippen molar-refractivity contribution in [3.8, 4) is 0 Å². The Morgan fingerprint density at radius 2 is 2.50 bits per heavy atom. The van der Waals surface area contributed by atoms with Crippen molar-refractivity contribution >= 4 is 33.0 Å². The molecule has 0 saturated heterocycles. The van der Waals surface area contributed by atoms with Crippen LogP contribution in [0.15, 0.2) is 6.20 Å². The third-order valence-electron chi connectivity index (χ3n) is 1.50. The fraction of sp³-hybridized carbons (Fsp3) is 0.500. The summed E-state index contributed by atoms with van der Waals surface area (Å²) in [5.41, 5.74) is 0. The van der Waals surface area contributed by atoms with Crippen molar-refractivity contribution in [3.63, 3.8) is 0 Å². The number of hydrogen-bond donors (Lipinski definition) is 0. The number of carbonyl (C=O) groups excluding carboxylic acids is 1. The summed E-state index contributed by atoms with van der Waals surface area (Å²) in [5.74, 6) is 0.0922. The number of Topliss-reactive ketones (excluding diaryl/α,β-unsaturated/α-hetero) is 1. The molecule has 0 fully saturated rings. The molecule has 2 nitrogen and oxygen atoms in total. The molecule has 12 heavy (non-hydrogen) atoms. The van der Waals surface area contributed by atoms with Gasteiger partial charge in [0.05, 0.1) is 9.70 Å². The second kappa shape index (κ2) is 4.14. The van der Waals surface area contributed by atoms with E-state index in [1.807, 2.05) is 0 Å². The molecule has 4 heteroatoms. The molecule has 1 unspecified atom stereocenters. The van der Waals surface area contributed by atoms with Gasteiger partial charge in [-0.3, -0.25) is 4.79 Å². The van der Waals surface area contributed by atoms with Crippen LogP contribution < -0.4 is 0 Å². The molecule has 1 aromatic rings. The maximum absolute atomic E-state index is 10.9. The summed E-state index contributed by atoms with van der Waals surface area (Å²) in [4.78, 5) is 16.1. The van der Waals surface area contributed by atoms with Crippen LogP contribution in [0.25, 0.3) is 0 Å². The summed E-state index contributed by atoms with van der Waals surface area (Å²) >= 11 is 4.95. The molecule has 1 atom stereocenters. The van der Waals surface area contributed by atoms with Gasteiger partial charge in [0.15, 0.2) is 5.78 Å². The highest BCUT2D eigenvalue weighted by Crippen LogP contribution is 2.29. The van der Waals surface area contributed by atoms with Gasteiger partial charge in [0, 0.05) is 13.1 Å². The fourth-order valence-corrected chi connectivity index (χ4v) is 2.04. The minimum absolute atomic E-state index is 0.0922. The van der Waals surface area contributed by atoms with Gasteiger partial charge in [-0.1, -0.05) is 22.9 Å². The second-order valence-electron chi connectivity index (χ2n) is 2.49. The third kappa shape index (κ3) is 2.14. The smallest absolute Gasteiger partial charge is 0.171 e. The average Bonchev–Trinajstić information content (AvgIpc) is 2.51. The van der Waals surface area contributed by atoms with Crippen LogP contribution >= 0.6 is 27.3 Å². The van der Waals surface area contributed by atoms with Crippen molar-refractivity contribution in [1.29, 1.82) is 0 Å². The molecule has 0 N–H and O–H groups in total. The summed E-state index contributed by atoms with van der Waals surface area (Å²) in [6.07, 6.45) is 2.64. The molecule has 0 aliphatic heterocycles. The van der Waals surface area contributed by atoms with Crippen LogP contribution in [0, 0.1) is 0 Å². The van der Waals surface area contributed by atoms with E-state index >= 15 is 0 Å². The lowest BCUT2D eigenvalue weighted by Crippen LogP contribution is -1.84. The van der Waals surface area contributed by atoms with Crippen LogP contribution in [0.2, 0.25) is 0 Å². The van der Waals surface area contributed by atoms with Gasteiger partial charge >= 0.3 is 0 Å². The Bertz CT molecular complexity index is 284. The Balaban J connectivity index is 2.84. The van der Waals surface area contributed by atoms with E-state index in [1.54, 1.807) is 13.1 Å². The molecular weight excluding hydrogens is 238 g/mol. The Morgan fingerprint density at radius 3 is 2.92 bits per heavy atom. The molecule has 1 rings (SSSR count). The van der Waals surface area contributed by atoms with Crippen LogP contribution in [0.1, 0.15) is 39.8 Å². The van der Waals surface area contributed by atoms with E-state index in [-0.39, 0.29) is 10.6 Å². The molecule has 0 amide bonds. The summed E-state index contributed by atoms with van der Waals surface area (Å²) < 4.78 is 0. The normalized spacial score (nSPS) is 12.9. The van der Waals surface area contributed by atoms with Gasteiger partial charge in [0.2, 0.25) is 0 Å². The van der Waals surface area contributed by atoms with Gasteiger partial charge in [-0.2, -0.15) is 0 Å². The lowest BCUT2D eigenvalue weighted by Gasteiger charge is -1.98. The highest BCUT2D eigenvalue weighted by molar-refractivity contribution is 9.09. The van der Waals surface area contributed by atoms with Crippen LogP contribution in [0.5, 0.6) is 0 Å². The second-order valence-corrected chi connectivity index (χ2v) is 4.66. The number of hydrogen-bond acceptors (Lipinski definition) is 3. The maximum atomic E-state index is 10.9. The minimum Gasteiger partial charge on any atom is -0.294 e. The van der Waals surface area contributed by atoms with Crippen molar-refractivity contribution < 1.29 is 4.79 Å². The van der Waals surface area contributed by atoms with E-state index in [0.717, 1.165) is 16.3 Å². The van der Waals surface area contributed by atoms with Crippen LogP contribution in [0.3, 0.4) is 0 Å². The van der Waals surface area contributed by atoms with Gasteiger partial charge < -0.3 is 0 Å². The molecule has 0 spiro atoms. The van der Waals surface area contributed by atoms with Gasteiger partial charge in [-0.05, 0) is 6.42 Å². The largest absolute Gasteiger partial charge is 0.294 e. The Labute approximate surface area is 84.1 Å². The third-order valence-corrected chi connectivity index (χ3v) is 4.09. The lowest BCUT2D eigenvalue weighted by molar-refractivity contribution is 0.102. The monoisotopic (exact) mass is 247 g/mol. The van der Waals surface area contributed by atoms with E-state index in [1.165, 1.54) is 11.3 Å². The summed E-state index contributed by atoms with van der Waals surface area (Å²) in [5, 5.41) is 0.989. The first-order valence-electron chi connectivity index (χ1n) is 3.76.